The van der Waals surface area contributed by atoms with Crippen LogP contribution in [-0.2, 0) is 5.88 Å². The summed E-state index contributed by atoms with van der Waals surface area (Å²) in [6.07, 6.45) is -1.85. The third kappa shape index (κ3) is 2.25. The zero-order chi connectivity index (χ0) is 10.0. The highest BCUT2D eigenvalue weighted by molar-refractivity contribution is 14.1. The van der Waals surface area contributed by atoms with Crippen molar-refractivity contribution < 1.29 is 13.2 Å². The van der Waals surface area contributed by atoms with Gasteiger partial charge in [-0.2, -0.15) is 4.39 Å². The number of hydrogen-bond donors (Lipinski definition) is 0. The fourth-order valence-electron chi connectivity index (χ4n) is 0.836. The third-order valence-corrected chi connectivity index (χ3v) is 2.84. The normalized spacial score (nSPS) is 10.9. The Bertz CT molecular complexity index is 319. The molecular formula is C7H4ClF3IN. The second kappa shape index (κ2) is 4.45. The van der Waals surface area contributed by atoms with E-state index in [1.165, 1.54) is 0 Å². The molecule has 1 rings (SSSR count). The van der Waals surface area contributed by atoms with Crippen molar-refractivity contribution in [3.63, 3.8) is 0 Å². The summed E-state index contributed by atoms with van der Waals surface area (Å²) >= 11 is 7.03. The molecule has 0 unspecified atom stereocenters. The SMILES string of the molecule is Fc1ncc(C(F)F)c(CCl)c1I. The molecular weight excluding hydrogens is 317 g/mol. The smallest absolute Gasteiger partial charge is 0.227 e. The number of pyridine rings is 1. The van der Waals surface area contributed by atoms with Crippen LogP contribution in [0.25, 0.3) is 0 Å². The van der Waals surface area contributed by atoms with Gasteiger partial charge in [0.2, 0.25) is 5.95 Å². The number of rotatable bonds is 2. The van der Waals surface area contributed by atoms with Gasteiger partial charge in [0, 0.05) is 17.6 Å². The van der Waals surface area contributed by atoms with Crippen molar-refractivity contribution in [2.75, 3.05) is 0 Å². The van der Waals surface area contributed by atoms with Gasteiger partial charge in [0.15, 0.2) is 0 Å². The largest absolute Gasteiger partial charge is 0.265 e. The van der Waals surface area contributed by atoms with Crippen molar-refractivity contribution in [2.24, 2.45) is 0 Å². The van der Waals surface area contributed by atoms with Gasteiger partial charge in [-0.15, -0.1) is 11.6 Å². The molecule has 1 nitrogen and oxygen atoms in total. The van der Waals surface area contributed by atoms with Crippen molar-refractivity contribution >= 4 is 34.2 Å². The summed E-state index contributed by atoms with van der Waals surface area (Å²) in [7, 11) is 0. The Hall–Kier alpha value is -0.0400. The number of hydrogen-bond acceptors (Lipinski definition) is 1. The first-order valence-corrected chi connectivity index (χ1v) is 4.86. The summed E-state index contributed by atoms with van der Waals surface area (Å²) in [5.74, 6) is -0.905. The average Bonchev–Trinajstić information content (AvgIpc) is 2.09. The van der Waals surface area contributed by atoms with Crippen LogP contribution in [0, 0.1) is 9.52 Å². The van der Waals surface area contributed by atoms with Gasteiger partial charge < -0.3 is 0 Å². The van der Waals surface area contributed by atoms with E-state index in [4.69, 9.17) is 11.6 Å². The molecule has 0 spiro atoms. The summed E-state index contributed by atoms with van der Waals surface area (Å²) in [4.78, 5) is 3.20. The molecule has 1 heterocycles. The lowest BCUT2D eigenvalue weighted by Crippen LogP contribution is -2.01. The summed E-state index contributed by atoms with van der Waals surface area (Å²) in [6.45, 7) is 0. The molecule has 1 aromatic rings. The molecule has 0 atom stereocenters. The molecule has 6 heteroatoms. The van der Waals surface area contributed by atoms with E-state index >= 15 is 0 Å². The number of alkyl halides is 3. The van der Waals surface area contributed by atoms with E-state index in [9.17, 15) is 13.2 Å². The molecule has 0 bridgehead atoms. The lowest BCUT2D eigenvalue weighted by molar-refractivity contribution is 0.149. The van der Waals surface area contributed by atoms with Gasteiger partial charge in [-0.25, -0.2) is 13.8 Å². The Balaban J connectivity index is 3.30. The Morgan fingerprint density at radius 3 is 2.62 bits per heavy atom. The first-order chi connectivity index (χ1) is 6.07. The molecule has 0 aliphatic rings. The maximum absolute atomic E-state index is 12.8. The molecule has 0 saturated carbocycles. The van der Waals surface area contributed by atoms with Crippen LogP contribution in [0.3, 0.4) is 0 Å². The Labute approximate surface area is 91.4 Å². The van der Waals surface area contributed by atoms with Gasteiger partial charge in [-0.05, 0) is 28.2 Å². The van der Waals surface area contributed by atoms with E-state index in [0.717, 1.165) is 6.20 Å². The molecule has 1 aromatic heterocycles. The van der Waals surface area contributed by atoms with Crippen LogP contribution in [0.15, 0.2) is 6.20 Å². The summed E-state index contributed by atoms with van der Waals surface area (Å²) in [5, 5.41) is 0. The molecule has 0 saturated heterocycles. The average molecular weight is 321 g/mol. The van der Waals surface area contributed by atoms with Crippen LogP contribution in [-0.4, -0.2) is 4.98 Å². The van der Waals surface area contributed by atoms with E-state index in [2.05, 4.69) is 4.98 Å². The first-order valence-electron chi connectivity index (χ1n) is 3.24. The van der Waals surface area contributed by atoms with Gasteiger partial charge in [0.05, 0.1) is 3.57 Å². The molecule has 72 valence electrons. The van der Waals surface area contributed by atoms with Crippen LogP contribution in [0.1, 0.15) is 17.6 Å². The van der Waals surface area contributed by atoms with Gasteiger partial charge in [0.25, 0.3) is 6.43 Å². The Morgan fingerprint density at radius 1 is 1.54 bits per heavy atom. The lowest BCUT2D eigenvalue weighted by atomic mass is 10.2. The van der Waals surface area contributed by atoms with Crippen LogP contribution >= 0.6 is 34.2 Å². The predicted octanol–water partition coefficient (Wildman–Crippen LogP) is 3.50. The second-order valence-electron chi connectivity index (χ2n) is 2.23. The molecule has 0 aliphatic heterocycles. The first kappa shape index (κ1) is 11.0. The molecule has 0 aliphatic carbocycles. The minimum Gasteiger partial charge on any atom is -0.227 e. The summed E-state index contributed by atoms with van der Waals surface area (Å²) in [5.41, 5.74) is -0.189. The fraction of sp³-hybridized carbons (Fsp3) is 0.286. The van der Waals surface area contributed by atoms with Crippen LogP contribution in [0.2, 0.25) is 0 Å². The minimum atomic E-state index is -2.67. The molecule has 13 heavy (non-hydrogen) atoms. The van der Waals surface area contributed by atoms with Gasteiger partial charge in [0.1, 0.15) is 0 Å². The molecule has 0 N–H and O–H groups in total. The van der Waals surface area contributed by atoms with E-state index in [-0.39, 0.29) is 20.6 Å². The van der Waals surface area contributed by atoms with Crippen molar-refractivity contribution in [2.45, 2.75) is 12.3 Å². The topological polar surface area (TPSA) is 12.9 Å². The number of aromatic nitrogens is 1. The molecule has 0 radical (unpaired) electrons. The highest BCUT2D eigenvalue weighted by Crippen LogP contribution is 2.27. The zero-order valence-corrected chi connectivity index (χ0v) is 9.11. The van der Waals surface area contributed by atoms with Gasteiger partial charge >= 0.3 is 0 Å². The zero-order valence-electron chi connectivity index (χ0n) is 6.20. The fourth-order valence-corrected chi connectivity index (χ4v) is 1.99. The van der Waals surface area contributed by atoms with E-state index in [1.807, 2.05) is 0 Å². The van der Waals surface area contributed by atoms with Gasteiger partial charge in [-0.3, -0.25) is 0 Å². The minimum absolute atomic E-state index is 0.0606. The van der Waals surface area contributed by atoms with E-state index < -0.39 is 12.4 Å². The highest BCUT2D eigenvalue weighted by Gasteiger charge is 2.18. The maximum Gasteiger partial charge on any atom is 0.265 e. The maximum atomic E-state index is 12.8. The second-order valence-corrected chi connectivity index (χ2v) is 3.58. The molecule has 0 aromatic carbocycles. The quantitative estimate of drug-likeness (QED) is 0.461. The predicted molar refractivity (Wildman–Crippen MR) is 51.4 cm³/mol. The van der Waals surface area contributed by atoms with E-state index in [1.54, 1.807) is 22.6 Å². The molecule has 0 amide bonds. The van der Waals surface area contributed by atoms with Crippen molar-refractivity contribution in [1.82, 2.24) is 4.98 Å². The van der Waals surface area contributed by atoms with Crippen molar-refractivity contribution in [3.05, 3.63) is 26.8 Å². The summed E-state index contributed by atoms with van der Waals surface area (Å²) in [6, 6.07) is 0. The highest BCUT2D eigenvalue weighted by atomic mass is 127. The van der Waals surface area contributed by atoms with E-state index in [0.29, 0.717) is 0 Å². The van der Waals surface area contributed by atoms with Crippen molar-refractivity contribution in [1.29, 1.82) is 0 Å². The van der Waals surface area contributed by atoms with Crippen LogP contribution in [0.4, 0.5) is 13.2 Å². The van der Waals surface area contributed by atoms with Crippen LogP contribution < -0.4 is 0 Å². The van der Waals surface area contributed by atoms with Gasteiger partial charge in [-0.1, -0.05) is 0 Å². The Kier molecular flexibility index (Phi) is 3.78. The monoisotopic (exact) mass is 321 g/mol. The standard InChI is InChI=1S/C7H4ClF3IN/c8-1-3-4(6(9)10)2-13-7(11)5(3)12/h2,6H,1H2. The van der Waals surface area contributed by atoms with Crippen molar-refractivity contribution in [3.8, 4) is 0 Å². The Morgan fingerprint density at radius 2 is 2.15 bits per heavy atom. The molecule has 0 fully saturated rings. The summed E-state index contributed by atoms with van der Waals surface area (Å²) < 4.78 is 37.5. The third-order valence-electron chi connectivity index (χ3n) is 1.48. The number of nitrogens with zero attached hydrogens (tertiary/aromatic N) is 1. The lowest BCUT2D eigenvalue weighted by Gasteiger charge is -2.07. The van der Waals surface area contributed by atoms with Crippen LogP contribution in [0.5, 0.6) is 0 Å². The number of halogens is 5.